The zero-order chi connectivity index (χ0) is 14.2. The van der Waals surface area contributed by atoms with Gasteiger partial charge in [-0.05, 0) is 36.4 Å². The van der Waals surface area contributed by atoms with Crippen LogP contribution >= 0.6 is 11.3 Å². The van der Waals surface area contributed by atoms with Gasteiger partial charge in [0, 0.05) is 18.0 Å². The molecule has 2 aromatic rings. The molecule has 2 atom stereocenters. The van der Waals surface area contributed by atoms with E-state index in [9.17, 15) is 0 Å². The highest BCUT2D eigenvalue weighted by atomic mass is 32.1. The maximum Gasteiger partial charge on any atom is 0.0974 e. The van der Waals surface area contributed by atoms with Crippen LogP contribution in [0.5, 0.6) is 0 Å². The van der Waals surface area contributed by atoms with Crippen LogP contribution in [0.1, 0.15) is 29.9 Å². The number of nitrogens with one attached hydrogen (secondary N) is 1. The smallest absolute Gasteiger partial charge is 0.0974 e. The van der Waals surface area contributed by atoms with Crippen molar-refractivity contribution in [3.05, 3.63) is 58.3 Å². The Morgan fingerprint density at radius 3 is 2.55 bits per heavy atom. The van der Waals surface area contributed by atoms with E-state index in [1.54, 1.807) is 7.11 Å². The van der Waals surface area contributed by atoms with E-state index >= 15 is 0 Å². The number of methoxy groups -OCH3 is 1. The second-order valence-electron chi connectivity index (χ2n) is 4.85. The lowest BCUT2D eigenvalue weighted by atomic mass is 9.97. The highest BCUT2D eigenvalue weighted by Gasteiger charge is 2.21. The van der Waals surface area contributed by atoms with Crippen molar-refractivity contribution in [3.63, 3.8) is 0 Å². The summed E-state index contributed by atoms with van der Waals surface area (Å²) in [5.74, 6) is 0. The molecule has 1 heterocycles. The van der Waals surface area contributed by atoms with Gasteiger partial charge in [0.05, 0.1) is 6.10 Å². The molecule has 108 valence electrons. The number of ether oxygens (including phenoxy) is 1. The number of likely N-dealkylation sites (N-methyl/N-ethyl adjacent to an activating group) is 1. The topological polar surface area (TPSA) is 21.3 Å². The van der Waals surface area contributed by atoms with E-state index in [4.69, 9.17) is 4.74 Å². The molecule has 2 nitrogen and oxygen atoms in total. The summed E-state index contributed by atoms with van der Waals surface area (Å²) in [5, 5.41) is 5.72. The molecule has 0 bridgehead atoms. The molecule has 0 saturated heterocycles. The predicted octanol–water partition coefficient (Wildman–Crippen LogP) is 4.05. The zero-order valence-electron chi connectivity index (χ0n) is 12.2. The highest BCUT2D eigenvalue weighted by molar-refractivity contribution is 7.09. The normalized spacial score (nSPS) is 14.1. The van der Waals surface area contributed by atoms with Crippen molar-refractivity contribution < 1.29 is 4.74 Å². The number of hydrogen-bond acceptors (Lipinski definition) is 3. The first-order chi connectivity index (χ1) is 9.85. The summed E-state index contributed by atoms with van der Waals surface area (Å²) in [7, 11) is 1.80. The minimum absolute atomic E-state index is 0.108. The Balaban J connectivity index is 2.05. The van der Waals surface area contributed by atoms with Crippen LogP contribution in [0.25, 0.3) is 0 Å². The van der Waals surface area contributed by atoms with Gasteiger partial charge in [-0.1, -0.05) is 43.3 Å². The summed E-state index contributed by atoms with van der Waals surface area (Å²) < 4.78 is 5.76. The Hall–Kier alpha value is -1.16. The van der Waals surface area contributed by atoms with Gasteiger partial charge < -0.3 is 10.1 Å². The lowest BCUT2D eigenvalue weighted by Crippen LogP contribution is -2.36. The van der Waals surface area contributed by atoms with E-state index in [2.05, 4.69) is 54.0 Å². The summed E-state index contributed by atoms with van der Waals surface area (Å²) in [6.45, 7) is 3.11. The van der Waals surface area contributed by atoms with Crippen molar-refractivity contribution in [1.29, 1.82) is 0 Å². The summed E-state index contributed by atoms with van der Waals surface area (Å²) in [4.78, 5) is 1.44. The van der Waals surface area contributed by atoms with Gasteiger partial charge in [-0.2, -0.15) is 0 Å². The monoisotopic (exact) mass is 289 g/mol. The summed E-state index contributed by atoms with van der Waals surface area (Å²) in [6, 6.07) is 15.1. The first-order valence-electron chi connectivity index (χ1n) is 7.18. The average molecular weight is 289 g/mol. The molecule has 0 radical (unpaired) electrons. The minimum atomic E-state index is 0.108. The SMILES string of the molecule is CCNC(CCc1cccs1)C(OC)c1ccccc1. The van der Waals surface area contributed by atoms with Gasteiger partial charge in [-0.3, -0.25) is 0 Å². The highest BCUT2D eigenvalue weighted by Crippen LogP contribution is 2.24. The van der Waals surface area contributed by atoms with Crippen LogP contribution in [0.15, 0.2) is 47.8 Å². The van der Waals surface area contributed by atoms with E-state index in [0.717, 1.165) is 19.4 Å². The molecule has 20 heavy (non-hydrogen) atoms. The van der Waals surface area contributed by atoms with Crippen LogP contribution in [-0.2, 0) is 11.2 Å². The van der Waals surface area contributed by atoms with Crippen LogP contribution in [0.3, 0.4) is 0 Å². The number of rotatable bonds is 8. The van der Waals surface area contributed by atoms with Crippen molar-refractivity contribution >= 4 is 11.3 Å². The molecule has 0 amide bonds. The number of thiophene rings is 1. The van der Waals surface area contributed by atoms with Crippen LogP contribution < -0.4 is 5.32 Å². The Morgan fingerprint density at radius 1 is 1.15 bits per heavy atom. The van der Waals surface area contributed by atoms with Gasteiger partial charge >= 0.3 is 0 Å². The molecule has 1 N–H and O–H groups in total. The summed E-state index contributed by atoms with van der Waals surface area (Å²) in [6.07, 6.45) is 2.29. The second kappa shape index (κ2) is 8.20. The molecule has 0 aliphatic heterocycles. The van der Waals surface area contributed by atoms with Crippen molar-refractivity contribution in [2.75, 3.05) is 13.7 Å². The number of aryl methyl sites for hydroxylation is 1. The molecule has 1 aromatic heterocycles. The summed E-state index contributed by atoms with van der Waals surface area (Å²) in [5.41, 5.74) is 1.24. The largest absolute Gasteiger partial charge is 0.375 e. The zero-order valence-corrected chi connectivity index (χ0v) is 13.0. The Labute approximate surface area is 125 Å². The van der Waals surface area contributed by atoms with E-state index in [-0.39, 0.29) is 6.10 Å². The Kier molecular flexibility index (Phi) is 6.25. The molecular weight excluding hydrogens is 266 g/mol. The van der Waals surface area contributed by atoms with Crippen molar-refractivity contribution in [3.8, 4) is 0 Å². The maximum atomic E-state index is 5.76. The third-order valence-corrected chi connectivity index (χ3v) is 4.43. The van der Waals surface area contributed by atoms with Crippen LogP contribution in [0.4, 0.5) is 0 Å². The molecule has 1 aromatic carbocycles. The molecule has 0 fully saturated rings. The molecule has 3 heteroatoms. The Morgan fingerprint density at radius 2 is 1.95 bits per heavy atom. The van der Waals surface area contributed by atoms with Gasteiger partial charge in [0.15, 0.2) is 0 Å². The van der Waals surface area contributed by atoms with Gasteiger partial charge in [0.1, 0.15) is 0 Å². The second-order valence-corrected chi connectivity index (χ2v) is 5.88. The molecule has 0 spiro atoms. The number of benzene rings is 1. The van der Waals surface area contributed by atoms with Gasteiger partial charge in [-0.15, -0.1) is 11.3 Å². The lowest BCUT2D eigenvalue weighted by molar-refractivity contribution is 0.0656. The molecule has 0 saturated carbocycles. The van der Waals surface area contributed by atoms with Crippen molar-refractivity contribution in [2.24, 2.45) is 0 Å². The van der Waals surface area contributed by atoms with E-state index in [0.29, 0.717) is 6.04 Å². The standard InChI is InChI=1S/C17H23NOS/c1-3-18-16(12-11-15-10-7-13-20-15)17(19-2)14-8-5-4-6-9-14/h4-10,13,16-18H,3,11-12H2,1-2H3. The van der Waals surface area contributed by atoms with Gasteiger partial charge in [-0.25, -0.2) is 0 Å². The van der Waals surface area contributed by atoms with E-state index < -0.39 is 0 Å². The van der Waals surface area contributed by atoms with Crippen LogP contribution in [0.2, 0.25) is 0 Å². The quantitative estimate of drug-likeness (QED) is 0.791. The maximum absolute atomic E-state index is 5.76. The average Bonchev–Trinajstić information content (AvgIpc) is 3.00. The van der Waals surface area contributed by atoms with E-state index in [1.165, 1.54) is 10.4 Å². The fourth-order valence-corrected chi connectivity index (χ4v) is 3.28. The van der Waals surface area contributed by atoms with Gasteiger partial charge in [0.25, 0.3) is 0 Å². The van der Waals surface area contributed by atoms with Crippen molar-refractivity contribution in [1.82, 2.24) is 5.32 Å². The first kappa shape index (κ1) is 15.2. The minimum Gasteiger partial charge on any atom is -0.375 e. The van der Waals surface area contributed by atoms with Crippen molar-refractivity contribution in [2.45, 2.75) is 31.9 Å². The molecule has 2 rings (SSSR count). The fourth-order valence-electron chi connectivity index (χ4n) is 2.55. The van der Waals surface area contributed by atoms with Crippen LogP contribution in [-0.4, -0.2) is 19.7 Å². The molecule has 0 aliphatic rings. The number of hydrogen-bond donors (Lipinski definition) is 1. The third-order valence-electron chi connectivity index (χ3n) is 3.50. The molecular formula is C17H23NOS. The van der Waals surface area contributed by atoms with Gasteiger partial charge in [0.2, 0.25) is 0 Å². The Bertz CT molecular complexity index is 469. The summed E-state index contributed by atoms with van der Waals surface area (Å²) >= 11 is 1.83. The predicted molar refractivity (Wildman–Crippen MR) is 86.3 cm³/mol. The van der Waals surface area contributed by atoms with E-state index in [1.807, 2.05) is 17.4 Å². The molecule has 0 aliphatic carbocycles. The first-order valence-corrected chi connectivity index (χ1v) is 8.06. The lowest BCUT2D eigenvalue weighted by Gasteiger charge is -2.27. The third kappa shape index (κ3) is 4.17. The fraction of sp³-hybridized carbons (Fsp3) is 0.412. The van der Waals surface area contributed by atoms with Crippen LogP contribution in [0, 0.1) is 0 Å². The molecule has 2 unspecified atom stereocenters.